The van der Waals surface area contributed by atoms with Gasteiger partial charge >= 0.3 is 0 Å². The molecule has 0 heterocycles. The summed E-state index contributed by atoms with van der Waals surface area (Å²) in [5.41, 5.74) is 0.443. The molecule has 2 unspecified atom stereocenters. The quantitative estimate of drug-likeness (QED) is 0.546. The lowest BCUT2D eigenvalue weighted by Gasteiger charge is -2.44. The van der Waals surface area contributed by atoms with Crippen LogP contribution in [0.3, 0.4) is 0 Å². The highest BCUT2D eigenvalue weighted by Crippen LogP contribution is 2.42. The largest absolute Gasteiger partial charge is 0.381 e. The molecule has 60 valence electrons. The normalized spacial score (nSPS) is 33.6. The van der Waals surface area contributed by atoms with E-state index in [1.54, 1.807) is 0 Å². The van der Waals surface area contributed by atoms with Crippen molar-refractivity contribution in [1.29, 1.82) is 0 Å². The molecule has 0 spiro atoms. The zero-order valence-electron chi connectivity index (χ0n) is 7.48. The highest BCUT2D eigenvalue weighted by atomic mass is 16.5. The number of hydrogen-bond donors (Lipinski definition) is 0. The van der Waals surface area contributed by atoms with Gasteiger partial charge in [-0.1, -0.05) is 20.8 Å². The molecule has 0 aliphatic heterocycles. The van der Waals surface area contributed by atoms with Crippen molar-refractivity contribution in [2.24, 2.45) is 11.3 Å². The Morgan fingerprint density at radius 1 is 1.20 bits per heavy atom. The summed E-state index contributed by atoms with van der Waals surface area (Å²) in [7, 11) is 1.82. The van der Waals surface area contributed by atoms with Crippen LogP contribution in [0.25, 0.3) is 0 Å². The van der Waals surface area contributed by atoms with Crippen LogP contribution in [0.15, 0.2) is 0 Å². The summed E-state index contributed by atoms with van der Waals surface area (Å²) in [6.07, 6.45) is 3.15. The molecule has 0 saturated heterocycles. The fraction of sp³-hybridized carbons (Fsp3) is 1.00. The van der Waals surface area contributed by atoms with Crippen LogP contribution in [0.1, 0.15) is 33.6 Å². The van der Waals surface area contributed by atoms with Crippen LogP contribution >= 0.6 is 0 Å². The molecule has 1 saturated carbocycles. The highest BCUT2D eigenvalue weighted by Gasteiger charge is 2.38. The van der Waals surface area contributed by atoms with Crippen LogP contribution in [0, 0.1) is 11.3 Å². The molecule has 10 heavy (non-hydrogen) atoms. The Balaban J connectivity index is 2.43. The summed E-state index contributed by atoms with van der Waals surface area (Å²) in [5.74, 6) is 0.789. The van der Waals surface area contributed by atoms with E-state index in [9.17, 15) is 0 Å². The van der Waals surface area contributed by atoms with E-state index in [0.29, 0.717) is 11.5 Å². The maximum Gasteiger partial charge on any atom is 0.0604 e. The molecule has 1 fully saturated rings. The van der Waals surface area contributed by atoms with Crippen LogP contribution in [0.2, 0.25) is 0 Å². The average Bonchev–Trinajstić information content (AvgIpc) is 1.57. The first-order chi connectivity index (χ1) is 4.55. The number of rotatable bonds is 1. The Kier molecular flexibility index (Phi) is 2.04. The molecule has 1 aliphatic carbocycles. The lowest BCUT2D eigenvalue weighted by Crippen LogP contribution is -2.41. The molecule has 1 rings (SSSR count). The van der Waals surface area contributed by atoms with Gasteiger partial charge in [0.2, 0.25) is 0 Å². The first kappa shape index (κ1) is 8.06. The minimum Gasteiger partial charge on any atom is -0.381 e. The van der Waals surface area contributed by atoms with Gasteiger partial charge < -0.3 is 4.74 Å². The van der Waals surface area contributed by atoms with Gasteiger partial charge in [-0.15, -0.1) is 0 Å². The van der Waals surface area contributed by atoms with Crippen molar-refractivity contribution in [2.45, 2.75) is 39.7 Å². The summed E-state index contributed by atoms with van der Waals surface area (Å²) >= 11 is 0. The van der Waals surface area contributed by atoms with E-state index in [1.165, 1.54) is 12.8 Å². The summed E-state index contributed by atoms with van der Waals surface area (Å²) in [6, 6.07) is 0. The third-order valence-electron chi connectivity index (χ3n) is 2.63. The second kappa shape index (κ2) is 2.54. The summed E-state index contributed by atoms with van der Waals surface area (Å²) in [5, 5.41) is 0. The first-order valence-electron chi connectivity index (χ1n) is 4.08. The summed E-state index contributed by atoms with van der Waals surface area (Å²) < 4.78 is 5.33. The van der Waals surface area contributed by atoms with Crippen molar-refractivity contribution in [3.8, 4) is 0 Å². The Morgan fingerprint density at radius 3 is 1.90 bits per heavy atom. The van der Waals surface area contributed by atoms with Gasteiger partial charge in [-0.3, -0.25) is 0 Å². The lowest BCUT2D eigenvalue weighted by molar-refractivity contribution is -0.0637. The second-order valence-corrected chi connectivity index (χ2v) is 4.32. The van der Waals surface area contributed by atoms with E-state index in [2.05, 4.69) is 20.8 Å². The Hall–Kier alpha value is -0.0400. The molecular weight excluding hydrogens is 124 g/mol. The molecule has 0 radical (unpaired) electrons. The van der Waals surface area contributed by atoms with Crippen molar-refractivity contribution < 1.29 is 4.74 Å². The molecular formula is C9H18O. The van der Waals surface area contributed by atoms with Crippen molar-refractivity contribution in [2.75, 3.05) is 7.11 Å². The maximum absolute atomic E-state index is 5.33. The average molecular weight is 142 g/mol. The van der Waals surface area contributed by atoms with Crippen molar-refractivity contribution in [3.05, 3.63) is 0 Å². The van der Waals surface area contributed by atoms with Crippen molar-refractivity contribution in [3.63, 3.8) is 0 Å². The predicted molar refractivity (Wildman–Crippen MR) is 43.0 cm³/mol. The van der Waals surface area contributed by atoms with Gasteiger partial charge in [-0.05, 0) is 24.2 Å². The van der Waals surface area contributed by atoms with Crippen LogP contribution < -0.4 is 0 Å². The number of hydrogen-bond acceptors (Lipinski definition) is 1. The molecule has 0 N–H and O–H groups in total. The zero-order valence-corrected chi connectivity index (χ0v) is 7.48. The summed E-state index contributed by atoms with van der Waals surface area (Å²) in [4.78, 5) is 0. The lowest BCUT2D eigenvalue weighted by atomic mass is 9.66. The van der Waals surface area contributed by atoms with Crippen LogP contribution in [0.5, 0.6) is 0 Å². The number of ether oxygens (including phenoxy) is 1. The minimum atomic E-state index is 0.443. The molecule has 0 amide bonds. The van der Waals surface area contributed by atoms with Crippen molar-refractivity contribution >= 4 is 0 Å². The number of methoxy groups -OCH3 is 1. The molecule has 0 aromatic heterocycles. The molecule has 0 aromatic rings. The molecule has 1 nitrogen and oxygen atoms in total. The first-order valence-corrected chi connectivity index (χ1v) is 4.08. The van der Waals surface area contributed by atoms with Crippen LogP contribution in [0.4, 0.5) is 0 Å². The van der Waals surface area contributed by atoms with Crippen molar-refractivity contribution in [1.82, 2.24) is 0 Å². The van der Waals surface area contributed by atoms with E-state index in [4.69, 9.17) is 4.74 Å². The van der Waals surface area contributed by atoms with Crippen LogP contribution in [-0.2, 0) is 4.74 Å². The standard InChI is InChI=1S/C9H18O/c1-9(2,3)7-5-6-8(7)10-4/h7-8H,5-6H2,1-4H3. The predicted octanol–water partition coefficient (Wildman–Crippen LogP) is 2.46. The monoisotopic (exact) mass is 142 g/mol. The van der Waals surface area contributed by atoms with E-state index >= 15 is 0 Å². The summed E-state index contributed by atoms with van der Waals surface area (Å²) in [6.45, 7) is 6.88. The zero-order chi connectivity index (χ0) is 7.78. The van der Waals surface area contributed by atoms with Gasteiger partial charge in [0, 0.05) is 7.11 Å². The molecule has 1 heteroatoms. The SMILES string of the molecule is COC1CCC1C(C)(C)C. The third kappa shape index (κ3) is 1.34. The van der Waals surface area contributed by atoms with Gasteiger partial charge in [-0.25, -0.2) is 0 Å². The Bertz CT molecular complexity index is 110. The molecule has 2 atom stereocenters. The fourth-order valence-corrected chi connectivity index (χ4v) is 1.74. The Morgan fingerprint density at radius 2 is 1.80 bits per heavy atom. The highest BCUT2D eigenvalue weighted by molar-refractivity contribution is 4.89. The molecule has 0 bridgehead atoms. The smallest absolute Gasteiger partial charge is 0.0604 e. The topological polar surface area (TPSA) is 9.23 Å². The van der Waals surface area contributed by atoms with Gasteiger partial charge in [0.05, 0.1) is 6.10 Å². The van der Waals surface area contributed by atoms with Gasteiger partial charge in [0.15, 0.2) is 0 Å². The maximum atomic E-state index is 5.33. The third-order valence-corrected chi connectivity index (χ3v) is 2.63. The van der Waals surface area contributed by atoms with E-state index in [1.807, 2.05) is 7.11 Å². The molecule has 0 aromatic carbocycles. The van der Waals surface area contributed by atoms with Gasteiger partial charge in [0.1, 0.15) is 0 Å². The van der Waals surface area contributed by atoms with Crippen LogP contribution in [-0.4, -0.2) is 13.2 Å². The molecule has 1 aliphatic rings. The van der Waals surface area contributed by atoms with Gasteiger partial charge in [0.25, 0.3) is 0 Å². The van der Waals surface area contributed by atoms with E-state index in [-0.39, 0.29) is 0 Å². The van der Waals surface area contributed by atoms with Gasteiger partial charge in [-0.2, -0.15) is 0 Å². The van der Waals surface area contributed by atoms with E-state index in [0.717, 1.165) is 5.92 Å². The Labute approximate surface area is 63.8 Å². The minimum absolute atomic E-state index is 0.443. The van der Waals surface area contributed by atoms with E-state index < -0.39 is 0 Å². The fourth-order valence-electron chi connectivity index (χ4n) is 1.74. The second-order valence-electron chi connectivity index (χ2n) is 4.32.